The van der Waals surface area contributed by atoms with Crippen LogP contribution in [0.15, 0.2) is 24.3 Å². The number of nitrogens with zero attached hydrogens (tertiary/aromatic N) is 1. The number of benzene rings is 1. The van der Waals surface area contributed by atoms with Gasteiger partial charge < -0.3 is 0 Å². The van der Waals surface area contributed by atoms with Gasteiger partial charge in [0.2, 0.25) is 0 Å². The summed E-state index contributed by atoms with van der Waals surface area (Å²) in [6, 6.07) is 8.07. The van der Waals surface area contributed by atoms with Crippen LogP contribution in [-0.2, 0) is 15.0 Å². The van der Waals surface area contributed by atoms with Gasteiger partial charge in [-0.15, -0.1) is 36.6 Å². The number of para-hydroxylation sites is 1. The summed E-state index contributed by atoms with van der Waals surface area (Å²) in [5.74, 6) is -0.501. The Morgan fingerprint density at radius 2 is 0.906 bits per heavy atom. The van der Waals surface area contributed by atoms with E-state index in [2.05, 4.69) is 45.2 Å². The van der Waals surface area contributed by atoms with E-state index in [1.54, 1.807) is 11.3 Å². The molecule has 0 spiro atoms. The van der Waals surface area contributed by atoms with Crippen molar-refractivity contribution in [3.8, 4) is 0 Å². The van der Waals surface area contributed by atoms with Crippen LogP contribution in [0.2, 0.25) is 0 Å². The van der Waals surface area contributed by atoms with Crippen LogP contribution in [0.3, 0.4) is 0 Å². The normalized spacial score (nSPS) is 13.4. The highest BCUT2D eigenvalue weighted by Gasteiger charge is 2.49. The van der Waals surface area contributed by atoms with Crippen LogP contribution in [0.4, 0.5) is 0 Å². The molecule has 0 saturated carbocycles. The molecule has 1 heterocycles. The van der Waals surface area contributed by atoms with Gasteiger partial charge in [0, 0.05) is 5.92 Å². The average Bonchev–Trinajstić information content (AvgIpc) is 3.59. The van der Waals surface area contributed by atoms with Gasteiger partial charge in [-0.25, -0.2) is 4.98 Å². The number of aromatic nitrogens is 1. The number of thiazole rings is 1. The SMILES string of the molecule is CCCCCCCCCCCCCCCCCCC(C(=O)S)C(CCCCCCCCCCCCCCCCCC)(C(=O)S)c1nc2ccccc2s1. The molecule has 0 N–H and O–H groups in total. The van der Waals surface area contributed by atoms with Gasteiger partial charge in [0.05, 0.1) is 10.2 Å². The third-order valence-corrected chi connectivity index (χ3v) is 13.6. The third kappa shape index (κ3) is 20.8. The van der Waals surface area contributed by atoms with Gasteiger partial charge >= 0.3 is 0 Å². The van der Waals surface area contributed by atoms with E-state index in [4.69, 9.17) is 4.98 Å². The smallest absolute Gasteiger partial charge is 0.199 e. The second-order valence-corrected chi connectivity index (χ2v) is 18.2. The van der Waals surface area contributed by atoms with E-state index in [-0.39, 0.29) is 10.2 Å². The molecule has 0 aliphatic rings. The quantitative estimate of drug-likeness (QED) is 0.0526. The molecule has 53 heavy (non-hydrogen) atoms. The van der Waals surface area contributed by atoms with Gasteiger partial charge in [0.15, 0.2) is 10.2 Å². The van der Waals surface area contributed by atoms with Crippen molar-refractivity contribution in [2.45, 2.75) is 238 Å². The first kappa shape index (κ1) is 48.3. The molecule has 0 aliphatic heterocycles. The lowest BCUT2D eigenvalue weighted by atomic mass is 9.71. The first-order valence-corrected chi connectivity index (χ1v) is 24.5. The number of hydrogen-bond acceptors (Lipinski definition) is 4. The molecule has 1 aromatic carbocycles. The zero-order valence-electron chi connectivity index (χ0n) is 34.5. The van der Waals surface area contributed by atoms with Gasteiger partial charge in [-0.1, -0.05) is 231 Å². The topological polar surface area (TPSA) is 47.0 Å². The number of rotatable bonds is 38. The van der Waals surface area contributed by atoms with Crippen molar-refractivity contribution in [1.82, 2.24) is 4.98 Å². The molecule has 0 fully saturated rings. The average molecular weight is 788 g/mol. The minimum atomic E-state index is -1.02. The Balaban J connectivity index is 1.77. The maximum Gasteiger partial charge on any atom is 0.199 e. The van der Waals surface area contributed by atoms with Crippen LogP contribution in [0.5, 0.6) is 0 Å². The van der Waals surface area contributed by atoms with Crippen molar-refractivity contribution >= 4 is 57.0 Å². The van der Waals surface area contributed by atoms with Gasteiger partial charge in [-0.05, 0) is 25.0 Å². The largest absolute Gasteiger partial charge is 0.287 e. The third-order valence-electron chi connectivity index (χ3n) is 11.7. The molecular weight excluding hydrogens is 707 g/mol. The zero-order chi connectivity index (χ0) is 38.2. The highest BCUT2D eigenvalue weighted by atomic mass is 32.1. The molecule has 304 valence electrons. The van der Waals surface area contributed by atoms with E-state index in [0.29, 0.717) is 12.8 Å². The molecular formula is C47H81NO2S3. The predicted molar refractivity (Wildman–Crippen MR) is 241 cm³/mol. The zero-order valence-corrected chi connectivity index (χ0v) is 37.1. The fourth-order valence-electron chi connectivity index (χ4n) is 8.27. The van der Waals surface area contributed by atoms with Crippen LogP contribution in [0.25, 0.3) is 10.2 Å². The monoisotopic (exact) mass is 788 g/mol. The fourth-order valence-corrected chi connectivity index (χ4v) is 10.3. The predicted octanol–water partition coefficient (Wildman–Crippen LogP) is 16.4. The molecule has 0 saturated heterocycles. The Hall–Kier alpha value is -0.850. The van der Waals surface area contributed by atoms with E-state index < -0.39 is 11.3 Å². The summed E-state index contributed by atoms with van der Waals surface area (Å²) >= 11 is 10.5. The van der Waals surface area contributed by atoms with Crippen LogP contribution < -0.4 is 0 Å². The number of unbranched alkanes of at least 4 members (excludes halogenated alkanes) is 30. The Morgan fingerprint density at radius 1 is 0.547 bits per heavy atom. The van der Waals surface area contributed by atoms with Crippen molar-refractivity contribution < 1.29 is 9.59 Å². The Bertz CT molecular complexity index is 1150. The molecule has 0 bridgehead atoms. The first-order chi connectivity index (χ1) is 26.0. The highest BCUT2D eigenvalue weighted by molar-refractivity contribution is 7.97. The van der Waals surface area contributed by atoms with Crippen LogP contribution in [-0.4, -0.2) is 15.2 Å². The van der Waals surface area contributed by atoms with E-state index in [1.807, 2.05) is 18.2 Å². The molecule has 0 aliphatic carbocycles. The summed E-state index contributed by atoms with van der Waals surface area (Å²) in [7, 11) is 0. The van der Waals surface area contributed by atoms with Crippen LogP contribution in [0.1, 0.15) is 237 Å². The molecule has 1 aromatic heterocycles. The summed E-state index contributed by atoms with van der Waals surface area (Å²) in [4.78, 5) is 32.0. The van der Waals surface area contributed by atoms with Crippen LogP contribution in [0, 0.1) is 5.92 Å². The molecule has 2 unspecified atom stereocenters. The lowest BCUT2D eigenvalue weighted by molar-refractivity contribution is -0.125. The molecule has 6 heteroatoms. The van der Waals surface area contributed by atoms with Crippen molar-refractivity contribution in [2.24, 2.45) is 5.92 Å². The van der Waals surface area contributed by atoms with Crippen molar-refractivity contribution in [1.29, 1.82) is 0 Å². The van der Waals surface area contributed by atoms with Crippen molar-refractivity contribution in [2.75, 3.05) is 0 Å². The molecule has 0 amide bonds. The lowest BCUT2D eigenvalue weighted by Crippen LogP contribution is -2.44. The fraction of sp³-hybridized carbons (Fsp3) is 0.809. The Morgan fingerprint density at radius 3 is 1.26 bits per heavy atom. The molecule has 3 nitrogen and oxygen atoms in total. The summed E-state index contributed by atoms with van der Waals surface area (Å²) in [6.07, 6.45) is 43.3. The summed E-state index contributed by atoms with van der Waals surface area (Å²) in [5, 5.41) is 0.342. The number of thiol groups is 2. The Labute approximate surface area is 342 Å². The minimum Gasteiger partial charge on any atom is -0.287 e. The van der Waals surface area contributed by atoms with Crippen molar-refractivity contribution in [3.05, 3.63) is 29.3 Å². The van der Waals surface area contributed by atoms with E-state index in [1.165, 1.54) is 180 Å². The minimum absolute atomic E-state index is 0.191. The standard InChI is InChI=1S/C47H81NO2S3/c1-3-5-7-9-11-13-15-17-19-21-23-25-27-29-31-33-37-41(44(49)51)47(46(50)52,45-48-42-38-34-35-39-43(42)53-45)40-36-32-30-28-26-24-22-20-18-16-14-12-10-8-6-4-2/h34-35,38-39,41H,3-33,36-37,40H2,1-2H3,(H,49,51)(H,50,52). The molecule has 0 radical (unpaired) electrons. The second-order valence-electron chi connectivity index (χ2n) is 16.3. The van der Waals surface area contributed by atoms with E-state index >= 15 is 0 Å². The van der Waals surface area contributed by atoms with Gasteiger partial charge in [-0.2, -0.15) is 0 Å². The first-order valence-electron chi connectivity index (χ1n) is 22.8. The van der Waals surface area contributed by atoms with E-state index in [9.17, 15) is 9.59 Å². The molecule has 2 atom stereocenters. The summed E-state index contributed by atoms with van der Waals surface area (Å²) < 4.78 is 1.06. The van der Waals surface area contributed by atoms with Crippen molar-refractivity contribution in [3.63, 3.8) is 0 Å². The summed E-state index contributed by atoms with van der Waals surface area (Å²) in [5.41, 5.74) is -0.122. The maximum atomic E-state index is 13.7. The van der Waals surface area contributed by atoms with Gasteiger partial charge in [0.1, 0.15) is 10.4 Å². The second kappa shape index (κ2) is 32.3. The summed E-state index contributed by atoms with van der Waals surface area (Å²) in [6.45, 7) is 4.57. The number of hydrogen-bond donors (Lipinski definition) is 2. The van der Waals surface area contributed by atoms with Crippen LogP contribution >= 0.6 is 36.6 Å². The number of carbonyl (C=O) groups excluding carboxylic acids is 2. The highest BCUT2D eigenvalue weighted by Crippen LogP contribution is 2.46. The molecule has 2 rings (SSSR count). The maximum absolute atomic E-state index is 13.7. The number of carbonyl (C=O) groups is 2. The Kier molecular flexibility index (Phi) is 29.4. The molecule has 2 aromatic rings. The van der Waals surface area contributed by atoms with Gasteiger partial charge in [-0.3, -0.25) is 9.59 Å². The number of fused-ring (bicyclic) bond motifs is 1. The van der Waals surface area contributed by atoms with Gasteiger partial charge in [0.25, 0.3) is 0 Å². The lowest BCUT2D eigenvalue weighted by Gasteiger charge is -2.35. The van der Waals surface area contributed by atoms with E-state index in [0.717, 1.165) is 40.9 Å².